The first-order valence-corrected chi connectivity index (χ1v) is 11.5. The highest BCUT2D eigenvalue weighted by atomic mass is 32.2. The Morgan fingerprint density at radius 3 is 2.55 bits per heavy atom. The fraction of sp³-hybridized carbons (Fsp3) is 0.667. The van der Waals surface area contributed by atoms with Crippen molar-refractivity contribution in [2.45, 2.75) is 68.6 Å². The van der Waals surface area contributed by atoms with E-state index in [4.69, 9.17) is 15.2 Å². The largest absolute Gasteiger partial charge is 0.493 e. The van der Waals surface area contributed by atoms with Crippen molar-refractivity contribution in [2.24, 2.45) is 16.6 Å². The third kappa shape index (κ3) is 3.89. The van der Waals surface area contributed by atoms with Gasteiger partial charge in [-0.05, 0) is 71.1 Å². The van der Waals surface area contributed by atoms with E-state index in [1.807, 2.05) is 0 Å². The lowest BCUT2D eigenvalue weighted by molar-refractivity contribution is 0.103. The van der Waals surface area contributed by atoms with E-state index < -0.39 is 31.2 Å². The molecule has 29 heavy (non-hydrogen) atoms. The smallest absolute Gasteiger partial charge is 0.168 e. The zero-order valence-electron chi connectivity index (χ0n) is 17.7. The number of methoxy groups -OCH3 is 1. The molecule has 0 unspecified atom stereocenters. The quantitative estimate of drug-likeness (QED) is 0.723. The average molecular weight is 427 g/mol. The number of aliphatic imine (C=N–C) groups is 1. The average Bonchev–Trinajstić information content (AvgIpc) is 3.48. The number of nitrogens with two attached hydrogens (primary N) is 1. The van der Waals surface area contributed by atoms with Crippen LogP contribution in [-0.2, 0) is 20.1 Å². The molecule has 1 aromatic rings. The summed E-state index contributed by atoms with van der Waals surface area (Å²) in [5, 5.41) is -1.000. The van der Waals surface area contributed by atoms with Gasteiger partial charge in [0.05, 0.1) is 18.0 Å². The molecular formula is C21H31FN2O4S. The highest BCUT2D eigenvalue weighted by Gasteiger charge is 2.57. The maximum Gasteiger partial charge on any atom is 0.168 e. The lowest BCUT2D eigenvalue weighted by Gasteiger charge is -2.44. The number of hydrogen-bond acceptors (Lipinski definition) is 6. The predicted molar refractivity (Wildman–Crippen MR) is 111 cm³/mol. The minimum atomic E-state index is -3.80. The van der Waals surface area contributed by atoms with Gasteiger partial charge in [-0.15, -0.1) is 0 Å². The SMILES string of the molecule is CO[C@H](C)C[C@@H]1[C@@](C)(c2cc(OCC3CC3)ccc2F)N=C(N)C(C)(C)S1(=O)=O. The van der Waals surface area contributed by atoms with Gasteiger partial charge in [0.2, 0.25) is 0 Å². The molecule has 3 rings (SSSR count). The number of halogens is 1. The van der Waals surface area contributed by atoms with E-state index in [2.05, 4.69) is 4.99 Å². The van der Waals surface area contributed by atoms with Gasteiger partial charge in [0.15, 0.2) is 9.84 Å². The number of benzene rings is 1. The third-order valence-corrected chi connectivity index (χ3v) is 9.33. The van der Waals surface area contributed by atoms with Crippen LogP contribution in [0.15, 0.2) is 23.2 Å². The van der Waals surface area contributed by atoms with Gasteiger partial charge in [-0.2, -0.15) is 0 Å². The fourth-order valence-corrected chi connectivity index (χ4v) is 6.09. The van der Waals surface area contributed by atoms with E-state index >= 15 is 0 Å². The maximum absolute atomic E-state index is 15.0. The van der Waals surface area contributed by atoms with Gasteiger partial charge in [-0.1, -0.05) is 0 Å². The van der Waals surface area contributed by atoms with Crippen LogP contribution in [0.2, 0.25) is 0 Å². The summed E-state index contributed by atoms with van der Waals surface area (Å²) < 4.78 is 51.8. The second-order valence-electron chi connectivity index (χ2n) is 8.87. The summed E-state index contributed by atoms with van der Waals surface area (Å²) in [6.07, 6.45) is 2.09. The van der Waals surface area contributed by atoms with Crippen molar-refractivity contribution in [3.05, 3.63) is 29.6 Å². The van der Waals surface area contributed by atoms with Crippen molar-refractivity contribution < 1.29 is 22.3 Å². The van der Waals surface area contributed by atoms with E-state index in [1.54, 1.807) is 26.0 Å². The Bertz CT molecular complexity index is 911. The summed E-state index contributed by atoms with van der Waals surface area (Å²) in [5.74, 6) is 0.487. The summed E-state index contributed by atoms with van der Waals surface area (Å²) in [6.45, 7) is 7.06. The number of nitrogens with zero attached hydrogens (tertiary/aromatic N) is 1. The van der Waals surface area contributed by atoms with Gasteiger partial charge in [-0.25, -0.2) is 12.8 Å². The van der Waals surface area contributed by atoms with Crippen LogP contribution in [0, 0.1) is 11.7 Å². The Kier molecular flexibility index (Phi) is 5.73. The molecule has 1 aliphatic heterocycles. The first-order chi connectivity index (χ1) is 13.4. The molecule has 8 heteroatoms. The summed E-state index contributed by atoms with van der Waals surface area (Å²) in [5.41, 5.74) is 4.88. The highest BCUT2D eigenvalue weighted by Crippen LogP contribution is 2.45. The Balaban J connectivity index is 2.12. The van der Waals surface area contributed by atoms with Gasteiger partial charge < -0.3 is 15.2 Å². The Morgan fingerprint density at radius 2 is 1.97 bits per heavy atom. The van der Waals surface area contributed by atoms with Crippen molar-refractivity contribution in [3.8, 4) is 5.75 Å². The van der Waals surface area contributed by atoms with Crippen LogP contribution in [0.1, 0.15) is 52.5 Å². The molecular weight excluding hydrogens is 395 g/mol. The molecule has 2 aliphatic rings. The van der Waals surface area contributed by atoms with E-state index in [0.717, 1.165) is 12.8 Å². The number of amidine groups is 1. The second kappa shape index (κ2) is 7.54. The zero-order chi connectivity index (χ0) is 21.6. The minimum Gasteiger partial charge on any atom is -0.493 e. The Labute approximate surface area is 172 Å². The van der Waals surface area contributed by atoms with E-state index in [1.165, 1.54) is 27.0 Å². The molecule has 0 amide bonds. The fourth-order valence-electron chi connectivity index (χ4n) is 3.73. The standard InChI is InChI=1S/C21H31FN2O4S/c1-13(27-5)10-18-21(4,24-19(23)20(2,3)29(18,25)26)16-11-15(8-9-17(16)22)28-12-14-6-7-14/h8-9,11,13-14,18H,6-7,10,12H2,1-5H3,(H2,23,24)/t13-,18-,21-/m1/s1. The Hall–Kier alpha value is -1.67. The maximum atomic E-state index is 15.0. The van der Waals surface area contributed by atoms with Crippen LogP contribution >= 0.6 is 0 Å². The second-order valence-corrected chi connectivity index (χ2v) is 11.5. The number of hydrogen-bond donors (Lipinski definition) is 1. The molecule has 3 atom stereocenters. The van der Waals surface area contributed by atoms with Crippen LogP contribution < -0.4 is 10.5 Å². The van der Waals surface area contributed by atoms with Gasteiger partial charge in [0.1, 0.15) is 27.7 Å². The first kappa shape index (κ1) is 22.0. The number of sulfone groups is 1. The monoisotopic (exact) mass is 426 g/mol. The summed E-state index contributed by atoms with van der Waals surface area (Å²) in [7, 11) is -2.28. The van der Waals surface area contributed by atoms with Crippen molar-refractivity contribution in [3.63, 3.8) is 0 Å². The van der Waals surface area contributed by atoms with E-state index in [9.17, 15) is 12.8 Å². The lowest BCUT2D eigenvalue weighted by Crippen LogP contribution is -2.60. The van der Waals surface area contributed by atoms with Crippen LogP contribution in [0.5, 0.6) is 5.75 Å². The number of rotatable bonds is 7. The molecule has 2 N–H and O–H groups in total. The molecule has 0 aromatic heterocycles. The van der Waals surface area contributed by atoms with Crippen LogP contribution in [0.25, 0.3) is 0 Å². The van der Waals surface area contributed by atoms with Crippen molar-refractivity contribution >= 4 is 15.7 Å². The normalized spacial score (nSPS) is 29.2. The topological polar surface area (TPSA) is 91.0 Å². The van der Waals surface area contributed by atoms with Gasteiger partial charge >= 0.3 is 0 Å². The first-order valence-electron chi connectivity index (χ1n) is 9.98. The Morgan fingerprint density at radius 1 is 1.31 bits per heavy atom. The number of ether oxygens (including phenoxy) is 2. The van der Waals surface area contributed by atoms with Crippen molar-refractivity contribution in [1.29, 1.82) is 0 Å². The van der Waals surface area contributed by atoms with Crippen LogP contribution in [0.3, 0.4) is 0 Å². The molecule has 0 saturated heterocycles. The van der Waals surface area contributed by atoms with Crippen LogP contribution in [-0.4, -0.2) is 44.1 Å². The predicted octanol–water partition coefficient (Wildman–Crippen LogP) is 3.19. The molecule has 0 radical (unpaired) electrons. The van der Waals surface area contributed by atoms with E-state index in [0.29, 0.717) is 18.3 Å². The molecule has 0 bridgehead atoms. The van der Waals surface area contributed by atoms with E-state index in [-0.39, 0.29) is 23.9 Å². The molecule has 1 fully saturated rings. The van der Waals surface area contributed by atoms with Crippen molar-refractivity contribution in [2.75, 3.05) is 13.7 Å². The summed E-state index contributed by atoms with van der Waals surface area (Å²) in [4.78, 5) is 4.58. The molecule has 1 heterocycles. The van der Waals surface area contributed by atoms with Crippen molar-refractivity contribution in [1.82, 2.24) is 0 Å². The minimum absolute atomic E-state index is 0.0231. The summed E-state index contributed by atoms with van der Waals surface area (Å²) >= 11 is 0. The van der Waals surface area contributed by atoms with Gasteiger partial charge in [0.25, 0.3) is 0 Å². The zero-order valence-corrected chi connectivity index (χ0v) is 18.6. The molecule has 1 aromatic carbocycles. The van der Waals surface area contributed by atoms with Gasteiger partial charge in [-0.3, -0.25) is 4.99 Å². The van der Waals surface area contributed by atoms with Gasteiger partial charge in [0, 0.05) is 12.7 Å². The third-order valence-electron chi connectivity index (χ3n) is 6.30. The van der Waals surface area contributed by atoms with Crippen LogP contribution in [0.4, 0.5) is 4.39 Å². The lowest BCUT2D eigenvalue weighted by atomic mass is 9.85. The summed E-state index contributed by atoms with van der Waals surface area (Å²) in [6, 6.07) is 4.43. The molecule has 0 spiro atoms. The molecule has 1 saturated carbocycles. The molecule has 162 valence electrons. The highest BCUT2D eigenvalue weighted by molar-refractivity contribution is 7.94. The molecule has 1 aliphatic carbocycles. The molecule has 6 nitrogen and oxygen atoms in total.